The number of Topliss-reactive ketones (excluding diaryl/α,β-unsaturated/α-hetero) is 1. The van der Waals surface area contributed by atoms with Crippen molar-refractivity contribution in [1.82, 2.24) is 15.2 Å². The number of alkyl halides is 2. The molecule has 2 fully saturated rings. The van der Waals surface area contributed by atoms with Crippen molar-refractivity contribution in [2.24, 2.45) is 0 Å². The average molecular weight is 449 g/mol. The van der Waals surface area contributed by atoms with Crippen molar-refractivity contribution in [3.8, 4) is 11.1 Å². The third-order valence-electron chi connectivity index (χ3n) is 6.57. The van der Waals surface area contributed by atoms with Crippen LogP contribution < -0.4 is 5.32 Å². The van der Waals surface area contributed by atoms with Gasteiger partial charge in [0, 0.05) is 41.7 Å². The number of aromatic nitrogens is 1. The van der Waals surface area contributed by atoms with Gasteiger partial charge in [-0.25, -0.2) is 13.6 Å². The normalized spacial score (nSPS) is 19.2. The highest BCUT2D eigenvalue weighted by atomic mass is 19.3. The Labute approximate surface area is 188 Å². The molecule has 1 saturated heterocycles. The number of benzene rings is 2. The van der Waals surface area contributed by atoms with Crippen LogP contribution in [0.25, 0.3) is 21.9 Å². The lowest BCUT2D eigenvalue weighted by atomic mass is 9.80. The van der Waals surface area contributed by atoms with E-state index in [1.807, 2.05) is 24.3 Å². The van der Waals surface area contributed by atoms with Crippen molar-refractivity contribution >= 4 is 28.5 Å². The van der Waals surface area contributed by atoms with E-state index in [4.69, 9.17) is 0 Å². The van der Waals surface area contributed by atoms with Gasteiger partial charge in [0.25, 0.3) is 5.91 Å². The van der Waals surface area contributed by atoms with Crippen LogP contribution in [0, 0.1) is 0 Å². The molecule has 1 N–H and O–H groups in total. The third-order valence-corrected chi connectivity index (χ3v) is 6.57. The van der Waals surface area contributed by atoms with Crippen molar-refractivity contribution in [1.29, 1.82) is 0 Å². The summed E-state index contributed by atoms with van der Waals surface area (Å²) in [5.41, 5.74) is 0.832. The molecule has 6 nitrogen and oxygen atoms in total. The molecule has 3 amide bonds. The van der Waals surface area contributed by atoms with Crippen molar-refractivity contribution in [2.75, 3.05) is 6.54 Å². The Morgan fingerprint density at radius 3 is 2.39 bits per heavy atom. The Hall–Kier alpha value is -3.68. The highest BCUT2D eigenvalue weighted by Gasteiger charge is 2.55. The molecule has 0 atom stereocenters. The van der Waals surface area contributed by atoms with Gasteiger partial charge in [-0.2, -0.15) is 0 Å². The van der Waals surface area contributed by atoms with Crippen LogP contribution in [-0.2, 0) is 4.79 Å². The van der Waals surface area contributed by atoms with E-state index in [0.717, 1.165) is 26.8 Å². The van der Waals surface area contributed by atoms with Crippen LogP contribution in [0.4, 0.5) is 13.6 Å². The summed E-state index contributed by atoms with van der Waals surface area (Å²) in [6.07, 6.45) is 2.34. The largest absolute Gasteiger partial charge is 0.325 e. The molecule has 33 heavy (non-hydrogen) atoms. The molecule has 0 radical (unpaired) electrons. The number of nitrogens with zero attached hydrogens (tertiary/aromatic N) is 2. The minimum atomic E-state index is -2.83. The second kappa shape index (κ2) is 7.72. The highest BCUT2D eigenvalue weighted by Crippen LogP contribution is 2.41. The minimum absolute atomic E-state index is 0.136. The molecule has 2 aliphatic rings. The molecule has 2 heterocycles. The van der Waals surface area contributed by atoms with Crippen LogP contribution in [-0.4, -0.2) is 45.6 Å². The van der Waals surface area contributed by atoms with Gasteiger partial charge in [0.15, 0.2) is 5.78 Å². The average Bonchev–Trinajstić information content (AvgIpc) is 3.05. The van der Waals surface area contributed by atoms with Gasteiger partial charge in [-0.15, -0.1) is 0 Å². The Morgan fingerprint density at radius 1 is 0.970 bits per heavy atom. The molecular formula is C25H21F2N3O3. The van der Waals surface area contributed by atoms with Crippen LogP contribution >= 0.6 is 0 Å². The SMILES string of the molecule is O=C(CN1C(=O)NC2(CCC(F)(F)CC2)C1=O)c1ccc(-c2cncc3ccccc23)cc1. The molecule has 1 aliphatic carbocycles. The summed E-state index contributed by atoms with van der Waals surface area (Å²) in [5.74, 6) is -3.84. The number of urea groups is 1. The third kappa shape index (κ3) is 3.75. The Bertz CT molecular complexity index is 1260. The summed E-state index contributed by atoms with van der Waals surface area (Å²) >= 11 is 0. The fourth-order valence-electron chi connectivity index (χ4n) is 4.62. The van der Waals surface area contributed by atoms with Crippen molar-refractivity contribution in [2.45, 2.75) is 37.1 Å². The maximum Gasteiger partial charge on any atom is 0.325 e. The second-order valence-corrected chi connectivity index (χ2v) is 8.67. The number of hydrogen-bond acceptors (Lipinski definition) is 4. The summed E-state index contributed by atoms with van der Waals surface area (Å²) in [5, 5.41) is 4.60. The Morgan fingerprint density at radius 2 is 1.67 bits per heavy atom. The molecule has 1 aliphatic heterocycles. The molecule has 0 bridgehead atoms. The predicted molar refractivity (Wildman–Crippen MR) is 118 cm³/mol. The Kier molecular flexibility index (Phi) is 4.96. The molecule has 5 rings (SSSR count). The smallest absolute Gasteiger partial charge is 0.323 e. The van der Waals surface area contributed by atoms with E-state index in [-0.39, 0.29) is 12.8 Å². The zero-order valence-corrected chi connectivity index (χ0v) is 17.7. The lowest BCUT2D eigenvalue weighted by molar-refractivity contribution is -0.135. The van der Waals surface area contributed by atoms with Crippen LogP contribution in [0.5, 0.6) is 0 Å². The molecule has 8 heteroatoms. The van der Waals surface area contributed by atoms with Gasteiger partial charge in [-0.3, -0.25) is 19.5 Å². The number of amides is 3. The van der Waals surface area contributed by atoms with E-state index in [1.54, 1.807) is 36.7 Å². The molecule has 0 unspecified atom stereocenters. The molecule has 168 valence electrons. The number of hydrogen-bond donors (Lipinski definition) is 1. The summed E-state index contributed by atoms with van der Waals surface area (Å²) in [6.45, 7) is -0.433. The lowest BCUT2D eigenvalue weighted by Gasteiger charge is -2.34. The number of carbonyl (C=O) groups is 3. The van der Waals surface area contributed by atoms with Crippen molar-refractivity contribution in [3.05, 3.63) is 66.5 Å². The van der Waals surface area contributed by atoms with E-state index in [9.17, 15) is 23.2 Å². The molecule has 1 saturated carbocycles. The van der Waals surface area contributed by atoms with E-state index >= 15 is 0 Å². The first-order chi connectivity index (χ1) is 15.8. The maximum absolute atomic E-state index is 13.5. The highest BCUT2D eigenvalue weighted by molar-refractivity contribution is 6.11. The van der Waals surface area contributed by atoms with Crippen LogP contribution in [0.1, 0.15) is 36.0 Å². The topological polar surface area (TPSA) is 79.4 Å². The summed E-state index contributed by atoms with van der Waals surface area (Å²) in [7, 11) is 0. The number of rotatable bonds is 4. The fraction of sp³-hybridized carbons (Fsp3) is 0.280. The van der Waals surface area contributed by atoms with Gasteiger partial charge in [0.1, 0.15) is 5.54 Å². The first kappa shape index (κ1) is 21.2. The summed E-state index contributed by atoms with van der Waals surface area (Å²) in [6, 6.07) is 14.0. The van der Waals surface area contributed by atoms with E-state index < -0.39 is 48.6 Å². The number of nitrogens with one attached hydrogen (secondary N) is 1. The van der Waals surface area contributed by atoms with Gasteiger partial charge in [0.05, 0.1) is 6.54 Å². The van der Waals surface area contributed by atoms with Crippen molar-refractivity contribution < 1.29 is 23.2 Å². The summed E-state index contributed by atoms with van der Waals surface area (Å²) < 4.78 is 27.1. The van der Waals surface area contributed by atoms with Gasteiger partial charge in [0.2, 0.25) is 5.92 Å². The Balaban J connectivity index is 1.32. The van der Waals surface area contributed by atoms with E-state index in [1.165, 1.54) is 0 Å². The van der Waals surface area contributed by atoms with Gasteiger partial charge in [-0.05, 0) is 23.8 Å². The van der Waals surface area contributed by atoms with E-state index in [0.29, 0.717) is 5.56 Å². The second-order valence-electron chi connectivity index (χ2n) is 8.67. The number of pyridine rings is 1. The lowest BCUT2D eigenvalue weighted by Crippen LogP contribution is -2.51. The quantitative estimate of drug-likeness (QED) is 0.467. The first-order valence-corrected chi connectivity index (χ1v) is 10.8. The van der Waals surface area contributed by atoms with Gasteiger partial charge in [-0.1, -0.05) is 48.5 Å². The monoisotopic (exact) mass is 449 g/mol. The van der Waals surface area contributed by atoms with Crippen LogP contribution in [0.2, 0.25) is 0 Å². The van der Waals surface area contributed by atoms with Crippen molar-refractivity contribution in [3.63, 3.8) is 0 Å². The summed E-state index contributed by atoms with van der Waals surface area (Å²) in [4.78, 5) is 43.2. The molecule has 3 aromatic rings. The van der Waals surface area contributed by atoms with Gasteiger partial charge < -0.3 is 5.32 Å². The minimum Gasteiger partial charge on any atom is -0.323 e. The molecule has 1 spiro atoms. The maximum atomic E-state index is 13.5. The standard InChI is InChI=1S/C25H21F2N3O3/c26-25(27)11-9-24(10-12-25)22(32)30(23(33)29-24)15-21(31)17-7-5-16(6-8-17)20-14-28-13-18-3-1-2-4-19(18)20/h1-8,13-14H,9-12,15H2,(H,29,33). The number of carbonyl (C=O) groups excluding carboxylic acids is 3. The number of fused-ring (bicyclic) bond motifs is 1. The first-order valence-electron chi connectivity index (χ1n) is 10.8. The number of ketones is 1. The zero-order valence-electron chi connectivity index (χ0n) is 17.7. The fourth-order valence-corrected chi connectivity index (χ4v) is 4.62. The van der Waals surface area contributed by atoms with Crippen LogP contribution in [0.3, 0.4) is 0 Å². The predicted octanol–water partition coefficient (Wildman–Crippen LogP) is 4.58. The van der Waals surface area contributed by atoms with E-state index in [2.05, 4.69) is 10.3 Å². The van der Waals surface area contributed by atoms with Crippen LogP contribution in [0.15, 0.2) is 60.9 Å². The zero-order chi connectivity index (χ0) is 23.2. The number of imide groups is 1. The molecule has 1 aromatic heterocycles. The van der Waals surface area contributed by atoms with Gasteiger partial charge >= 0.3 is 6.03 Å². The molecular weight excluding hydrogens is 428 g/mol. The number of halogens is 2. The molecule has 2 aromatic carbocycles.